The van der Waals surface area contributed by atoms with Gasteiger partial charge in [-0.2, -0.15) is 0 Å². The zero-order chi connectivity index (χ0) is 42.8. The van der Waals surface area contributed by atoms with Crippen molar-refractivity contribution in [2.45, 2.75) is 367 Å². The van der Waals surface area contributed by atoms with Gasteiger partial charge in [0.05, 0.1) is 0 Å². The van der Waals surface area contributed by atoms with Crippen molar-refractivity contribution in [3.05, 3.63) is 0 Å². The Kier molecular flexibility index (Phi) is 50.6. The molecule has 0 amide bonds. The second-order valence-electron chi connectivity index (χ2n) is 20.5. The molecule has 0 aromatic carbocycles. The molecule has 0 bridgehead atoms. The number of hydrogen-bond donors (Lipinski definition) is 1. The summed E-state index contributed by atoms with van der Waals surface area (Å²) in [6, 6.07) is 0. The minimum absolute atomic E-state index is 0.0796. The topological polar surface area (TPSA) is 26.0 Å². The van der Waals surface area contributed by atoms with Crippen LogP contribution in [0, 0.1) is 5.92 Å². The molecule has 0 aromatic heterocycles. The Labute approximate surface area is 377 Å². The largest absolute Gasteiger partial charge is 0.325 e. The van der Waals surface area contributed by atoms with Crippen LogP contribution in [0.25, 0.3) is 0 Å². The molecule has 1 heteroatoms. The Morgan fingerprint density at radius 3 is 0.593 bits per heavy atom. The fourth-order valence-corrected chi connectivity index (χ4v) is 10.4. The Hall–Kier alpha value is -0.0400. The predicted molar refractivity (Wildman–Crippen MR) is 273 cm³/mol. The van der Waals surface area contributed by atoms with Gasteiger partial charge in [0.2, 0.25) is 0 Å². The maximum atomic E-state index is 7.54. The van der Waals surface area contributed by atoms with Crippen LogP contribution in [0.2, 0.25) is 0 Å². The Bertz CT molecular complexity index is 693. The second-order valence-corrected chi connectivity index (χ2v) is 20.5. The van der Waals surface area contributed by atoms with Crippen molar-refractivity contribution in [1.82, 2.24) is 0 Å². The fourth-order valence-electron chi connectivity index (χ4n) is 10.4. The van der Waals surface area contributed by atoms with E-state index in [-0.39, 0.29) is 5.54 Å². The van der Waals surface area contributed by atoms with E-state index in [0.29, 0.717) is 0 Å². The molecule has 0 aliphatic carbocycles. The van der Waals surface area contributed by atoms with Gasteiger partial charge < -0.3 is 5.73 Å². The van der Waals surface area contributed by atoms with Crippen LogP contribution in [-0.4, -0.2) is 5.54 Å². The number of nitrogens with two attached hydrogens (primary N) is 1. The third-order valence-corrected chi connectivity index (χ3v) is 14.7. The van der Waals surface area contributed by atoms with Crippen molar-refractivity contribution in [3.63, 3.8) is 0 Å². The Morgan fingerprint density at radius 2 is 0.407 bits per heavy atom. The van der Waals surface area contributed by atoms with Crippen LogP contribution in [0.15, 0.2) is 0 Å². The molecule has 0 saturated heterocycles. The minimum atomic E-state index is 0.0796. The van der Waals surface area contributed by atoms with E-state index in [1.807, 2.05) is 0 Å². The van der Waals surface area contributed by atoms with Gasteiger partial charge in [0.25, 0.3) is 0 Å². The van der Waals surface area contributed by atoms with Gasteiger partial charge in [-0.1, -0.05) is 342 Å². The molecule has 1 nitrogen and oxygen atoms in total. The lowest BCUT2D eigenvalue weighted by Crippen LogP contribution is -2.47. The van der Waals surface area contributed by atoms with Gasteiger partial charge in [-0.25, -0.2) is 0 Å². The molecule has 0 heterocycles. The van der Waals surface area contributed by atoms with Crippen LogP contribution in [0.5, 0.6) is 0 Å². The summed E-state index contributed by atoms with van der Waals surface area (Å²) in [7, 11) is 0. The first-order valence-corrected chi connectivity index (χ1v) is 28.9. The molecular weight excluding hydrogens is 711 g/mol. The van der Waals surface area contributed by atoms with Crippen LogP contribution in [0.3, 0.4) is 0 Å². The fraction of sp³-hybridized carbons (Fsp3) is 1.00. The maximum absolute atomic E-state index is 7.54. The first-order chi connectivity index (χ1) is 29.1. The lowest BCUT2D eigenvalue weighted by Gasteiger charge is -2.38. The lowest BCUT2D eigenvalue weighted by molar-refractivity contribution is 0.199. The molecule has 0 radical (unpaired) electrons. The van der Waals surface area contributed by atoms with Crippen molar-refractivity contribution in [2.24, 2.45) is 11.7 Å². The van der Waals surface area contributed by atoms with Crippen molar-refractivity contribution in [1.29, 1.82) is 0 Å². The summed E-state index contributed by atoms with van der Waals surface area (Å²) in [6.07, 6.45) is 74.8. The van der Waals surface area contributed by atoms with Gasteiger partial charge in [0.1, 0.15) is 0 Å². The summed E-state index contributed by atoms with van der Waals surface area (Å²) >= 11 is 0. The summed E-state index contributed by atoms with van der Waals surface area (Å²) in [6.45, 7) is 9.41. The second kappa shape index (κ2) is 50.6. The van der Waals surface area contributed by atoms with E-state index in [0.717, 1.165) is 5.92 Å². The number of unbranched alkanes of at least 4 members (excludes halogenated alkanes) is 45. The summed E-state index contributed by atoms with van der Waals surface area (Å²) in [5, 5.41) is 0. The molecule has 0 fully saturated rings. The summed E-state index contributed by atoms with van der Waals surface area (Å²) in [4.78, 5) is 0. The highest BCUT2D eigenvalue weighted by Gasteiger charge is 2.32. The molecule has 356 valence electrons. The normalized spacial score (nSPS) is 12.6. The van der Waals surface area contributed by atoms with E-state index < -0.39 is 0 Å². The molecule has 59 heavy (non-hydrogen) atoms. The molecule has 0 saturated carbocycles. The smallest absolute Gasteiger partial charge is 0.0182 e. The first kappa shape index (κ1) is 59.0. The van der Waals surface area contributed by atoms with Gasteiger partial charge in [-0.05, 0) is 25.2 Å². The number of rotatable bonds is 53. The number of hydrogen-bond acceptors (Lipinski definition) is 1. The van der Waals surface area contributed by atoms with Crippen LogP contribution in [0.4, 0.5) is 0 Å². The van der Waals surface area contributed by atoms with Crippen LogP contribution in [-0.2, 0) is 0 Å². The monoisotopic (exact) mass is 830 g/mol. The predicted octanol–water partition coefficient (Wildman–Crippen LogP) is 21.7. The molecule has 0 aromatic rings. The molecule has 0 rings (SSSR count). The molecule has 0 spiro atoms. The third-order valence-electron chi connectivity index (χ3n) is 14.7. The quantitative estimate of drug-likeness (QED) is 0.0607. The van der Waals surface area contributed by atoms with Crippen molar-refractivity contribution in [3.8, 4) is 0 Å². The standard InChI is InChI=1S/C58H119N/c1-5-9-12-15-18-21-24-27-30-33-36-39-42-45-48-51-54-57(8-4)58(59,55-52-49-46-43-40-37-34-31-28-25-22-19-16-13-10-6-2)56-53-50-47-44-41-38-35-32-29-26-23-20-17-14-11-7-3/h57H,5-56,59H2,1-4H3. The highest BCUT2D eigenvalue weighted by atomic mass is 14.8. The summed E-state index contributed by atoms with van der Waals surface area (Å²) < 4.78 is 0. The maximum Gasteiger partial charge on any atom is 0.0182 e. The molecule has 0 aliphatic heterocycles. The van der Waals surface area contributed by atoms with Gasteiger partial charge in [0.15, 0.2) is 0 Å². The molecule has 1 atom stereocenters. The van der Waals surface area contributed by atoms with E-state index in [9.17, 15) is 0 Å². The van der Waals surface area contributed by atoms with Crippen molar-refractivity contribution >= 4 is 0 Å². The van der Waals surface area contributed by atoms with Crippen molar-refractivity contribution < 1.29 is 0 Å². The van der Waals surface area contributed by atoms with E-state index in [1.54, 1.807) is 0 Å². The lowest BCUT2D eigenvalue weighted by atomic mass is 9.73. The van der Waals surface area contributed by atoms with Crippen LogP contribution >= 0.6 is 0 Å². The zero-order valence-corrected chi connectivity index (χ0v) is 42.4. The van der Waals surface area contributed by atoms with E-state index in [1.165, 1.54) is 334 Å². The Balaban J connectivity index is 4.32. The molecular formula is C58H119N. The van der Waals surface area contributed by atoms with Gasteiger partial charge in [0, 0.05) is 5.54 Å². The zero-order valence-electron chi connectivity index (χ0n) is 42.4. The van der Waals surface area contributed by atoms with Gasteiger partial charge in [-0.15, -0.1) is 0 Å². The first-order valence-electron chi connectivity index (χ1n) is 28.9. The average molecular weight is 831 g/mol. The molecule has 0 aliphatic rings. The highest BCUT2D eigenvalue weighted by molar-refractivity contribution is 4.91. The SMILES string of the molecule is CCCCCCCCCCCCCCCCCCC(CC)C(N)(CCCCCCCCCCCCCCCCCC)CCCCCCCCCCCCCCCCCC. The highest BCUT2D eigenvalue weighted by Crippen LogP contribution is 2.34. The molecule has 1 unspecified atom stereocenters. The van der Waals surface area contributed by atoms with Crippen molar-refractivity contribution in [2.75, 3.05) is 0 Å². The minimum Gasteiger partial charge on any atom is -0.325 e. The van der Waals surface area contributed by atoms with Crippen LogP contribution in [0.1, 0.15) is 362 Å². The van der Waals surface area contributed by atoms with Gasteiger partial charge >= 0.3 is 0 Å². The summed E-state index contributed by atoms with van der Waals surface area (Å²) in [5.74, 6) is 0.724. The average Bonchev–Trinajstić information content (AvgIpc) is 3.24. The van der Waals surface area contributed by atoms with E-state index >= 15 is 0 Å². The van der Waals surface area contributed by atoms with Gasteiger partial charge in [-0.3, -0.25) is 0 Å². The van der Waals surface area contributed by atoms with Crippen LogP contribution < -0.4 is 5.73 Å². The van der Waals surface area contributed by atoms with E-state index in [4.69, 9.17) is 5.73 Å². The summed E-state index contributed by atoms with van der Waals surface area (Å²) in [5.41, 5.74) is 7.62. The molecule has 2 N–H and O–H groups in total. The van der Waals surface area contributed by atoms with E-state index in [2.05, 4.69) is 27.7 Å². The third kappa shape index (κ3) is 44.4. The Morgan fingerprint density at radius 1 is 0.237 bits per heavy atom.